The summed E-state index contributed by atoms with van der Waals surface area (Å²) in [6.07, 6.45) is 3.17. The molecule has 0 saturated carbocycles. The Balaban J connectivity index is 1.55. The quantitative estimate of drug-likeness (QED) is 0.460. The number of carbonyl (C=O) groups excluding carboxylic acids is 1. The van der Waals surface area contributed by atoms with Crippen molar-refractivity contribution in [2.75, 3.05) is 21.3 Å². The fraction of sp³-hybridized carbons (Fsp3) is 0.208. The molecule has 2 heterocycles. The third-order valence-electron chi connectivity index (χ3n) is 5.22. The van der Waals surface area contributed by atoms with Gasteiger partial charge in [0.2, 0.25) is 0 Å². The van der Waals surface area contributed by atoms with Crippen molar-refractivity contribution in [2.24, 2.45) is 0 Å². The van der Waals surface area contributed by atoms with E-state index in [0.717, 1.165) is 29.2 Å². The molecule has 4 rings (SSSR count). The summed E-state index contributed by atoms with van der Waals surface area (Å²) >= 11 is 0. The Hall–Kier alpha value is -3.94. The summed E-state index contributed by atoms with van der Waals surface area (Å²) < 4.78 is 25.0. The zero-order valence-corrected chi connectivity index (χ0v) is 18.0. The number of hydrogen-bond acceptors (Lipinski definition) is 5. The molecule has 0 aliphatic heterocycles. The second-order valence-electron chi connectivity index (χ2n) is 7.27. The van der Waals surface area contributed by atoms with Gasteiger partial charge in [-0.05, 0) is 48.7 Å². The van der Waals surface area contributed by atoms with Crippen molar-refractivity contribution in [2.45, 2.75) is 12.8 Å². The van der Waals surface area contributed by atoms with Gasteiger partial charge in [-0.15, -0.1) is 0 Å². The zero-order valence-electron chi connectivity index (χ0n) is 18.0. The molecule has 2 aromatic heterocycles. The third-order valence-corrected chi connectivity index (χ3v) is 5.22. The molecule has 0 saturated heterocycles. The van der Waals surface area contributed by atoms with E-state index < -0.39 is 11.7 Å². The summed E-state index contributed by atoms with van der Waals surface area (Å²) in [4.78, 5) is 24.0. The van der Waals surface area contributed by atoms with Crippen LogP contribution in [0.1, 0.15) is 21.6 Å². The van der Waals surface area contributed by atoms with Crippen molar-refractivity contribution in [1.82, 2.24) is 20.3 Å². The maximum Gasteiger partial charge on any atom is 0.253 e. The van der Waals surface area contributed by atoms with Crippen LogP contribution < -0.4 is 14.8 Å². The molecule has 32 heavy (non-hydrogen) atoms. The summed E-state index contributed by atoms with van der Waals surface area (Å²) in [6.45, 7) is 0. The SMILES string of the molecule is CNC(=O)c1ccc(-c2cc3nc(CCc4cc(OC)cc(OC)c4)cnc3[nH]2)cc1F. The average molecular weight is 434 g/mol. The molecule has 0 atom stereocenters. The maximum atomic E-state index is 14.3. The van der Waals surface area contributed by atoms with Crippen molar-refractivity contribution < 1.29 is 18.7 Å². The number of nitrogens with zero attached hydrogens (tertiary/aromatic N) is 2. The molecule has 8 heteroatoms. The van der Waals surface area contributed by atoms with E-state index in [2.05, 4.69) is 20.3 Å². The minimum Gasteiger partial charge on any atom is -0.497 e. The number of ether oxygens (including phenoxy) is 2. The van der Waals surface area contributed by atoms with Gasteiger partial charge in [0.1, 0.15) is 22.8 Å². The first kappa shape index (κ1) is 21.3. The van der Waals surface area contributed by atoms with Crippen LogP contribution in [0.5, 0.6) is 11.5 Å². The highest BCUT2D eigenvalue weighted by Crippen LogP contribution is 2.26. The molecule has 0 aliphatic carbocycles. The lowest BCUT2D eigenvalue weighted by Gasteiger charge is -2.08. The zero-order chi connectivity index (χ0) is 22.7. The van der Waals surface area contributed by atoms with Gasteiger partial charge in [-0.25, -0.2) is 14.4 Å². The number of nitrogens with one attached hydrogen (secondary N) is 2. The lowest BCUT2D eigenvalue weighted by molar-refractivity contribution is 0.0959. The molecule has 0 radical (unpaired) electrons. The summed E-state index contributed by atoms with van der Waals surface area (Å²) in [7, 11) is 4.71. The standard InChI is InChI=1S/C24H23FN4O3/c1-26-24(30)19-7-5-15(10-20(19)25)21-12-22-23(29-21)27-13-16(28-22)6-4-14-8-17(31-2)11-18(9-14)32-3/h5,7-13H,4,6H2,1-3H3,(H,26,30)(H,27,29). The second-order valence-corrected chi connectivity index (χ2v) is 7.27. The van der Waals surface area contributed by atoms with Crippen molar-refractivity contribution in [1.29, 1.82) is 0 Å². The first-order chi connectivity index (χ1) is 15.5. The number of aryl methyl sites for hydroxylation is 2. The number of hydrogen-bond donors (Lipinski definition) is 2. The monoisotopic (exact) mass is 434 g/mol. The van der Waals surface area contributed by atoms with Crippen LogP contribution in [0.3, 0.4) is 0 Å². The predicted molar refractivity (Wildman–Crippen MR) is 120 cm³/mol. The number of aromatic nitrogens is 3. The van der Waals surface area contributed by atoms with Crippen molar-refractivity contribution in [3.63, 3.8) is 0 Å². The summed E-state index contributed by atoms with van der Waals surface area (Å²) in [6, 6.07) is 12.1. The highest BCUT2D eigenvalue weighted by Gasteiger charge is 2.13. The second kappa shape index (κ2) is 9.05. The molecule has 0 fully saturated rings. The molecule has 0 unspecified atom stereocenters. The molecule has 7 nitrogen and oxygen atoms in total. The first-order valence-electron chi connectivity index (χ1n) is 10.1. The Morgan fingerprint density at radius 3 is 2.47 bits per heavy atom. The number of amides is 1. The van der Waals surface area contributed by atoms with Crippen LogP contribution in [-0.2, 0) is 12.8 Å². The molecule has 1 amide bonds. The van der Waals surface area contributed by atoms with E-state index in [9.17, 15) is 9.18 Å². The van der Waals surface area contributed by atoms with E-state index in [0.29, 0.717) is 28.8 Å². The first-order valence-corrected chi connectivity index (χ1v) is 10.1. The third kappa shape index (κ3) is 4.39. The van der Waals surface area contributed by atoms with E-state index in [1.54, 1.807) is 26.5 Å². The van der Waals surface area contributed by atoms with Gasteiger partial charge < -0.3 is 19.8 Å². The van der Waals surface area contributed by atoms with E-state index in [4.69, 9.17) is 9.47 Å². The summed E-state index contributed by atoms with van der Waals surface area (Å²) in [5, 5.41) is 2.42. The molecule has 4 aromatic rings. The Kier molecular flexibility index (Phi) is 6.02. The van der Waals surface area contributed by atoms with Crippen LogP contribution in [-0.4, -0.2) is 42.1 Å². The van der Waals surface area contributed by atoms with E-state index >= 15 is 0 Å². The molecule has 2 aromatic carbocycles. The van der Waals surface area contributed by atoms with Gasteiger partial charge in [0.05, 0.1) is 31.7 Å². The summed E-state index contributed by atoms with van der Waals surface area (Å²) in [5.74, 6) is 0.430. The fourth-order valence-electron chi connectivity index (χ4n) is 3.50. The number of aromatic amines is 1. The maximum absolute atomic E-state index is 14.3. The number of H-pyrrole nitrogens is 1. The highest BCUT2D eigenvalue weighted by atomic mass is 19.1. The van der Waals surface area contributed by atoms with Crippen LogP contribution in [0.15, 0.2) is 48.7 Å². The van der Waals surface area contributed by atoms with E-state index in [-0.39, 0.29) is 5.56 Å². The van der Waals surface area contributed by atoms with Crippen LogP contribution in [0.4, 0.5) is 4.39 Å². The van der Waals surface area contributed by atoms with Crippen molar-refractivity contribution in [3.8, 4) is 22.8 Å². The number of carbonyl (C=O) groups is 1. The number of rotatable bonds is 7. The van der Waals surface area contributed by atoms with Crippen LogP contribution in [0.25, 0.3) is 22.4 Å². The van der Waals surface area contributed by atoms with E-state index in [1.165, 1.54) is 19.2 Å². The number of halogens is 1. The normalized spacial score (nSPS) is 10.9. The van der Waals surface area contributed by atoms with Gasteiger partial charge >= 0.3 is 0 Å². The van der Waals surface area contributed by atoms with Crippen LogP contribution in [0.2, 0.25) is 0 Å². The van der Waals surface area contributed by atoms with Gasteiger partial charge in [0, 0.05) is 24.4 Å². The Bertz CT molecular complexity index is 1260. The fourth-order valence-corrected chi connectivity index (χ4v) is 3.50. The minimum atomic E-state index is -0.587. The number of fused-ring (bicyclic) bond motifs is 1. The number of methoxy groups -OCH3 is 2. The average Bonchev–Trinajstić information content (AvgIpc) is 3.25. The van der Waals surface area contributed by atoms with Crippen LogP contribution >= 0.6 is 0 Å². The Morgan fingerprint density at radius 1 is 1.06 bits per heavy atom. The number of benzene rings is 2. The van der Waals surface area contributed by atoms with Crippen molar-refractivity contribution in [3.05, 3.63) is 71.3 Å². The Labute approximate surface area is 184 Å². The molecule has 164 valence electrons. The molecular formula is C24H23FN4O3. The molecule has 0 bridgehead atoms. The smallest absolute Gasteiger partial charge is 0.253 e. The van der Waals surface area contributed by atoms with Gasteiger partial charge in [-0.2, -0.15) is 0 Å². The lowest BCUT2D eigenvalue weighted by Crippen LogP contribution is -2.19. The van der Waals surface area contributed by atoms with Gasteiger partial charge in [-0.3, -0.25) is 4.79 Å². The molecule has 0 aliphatic rings. The highest BCUT2D eigenvalue weighted by molar-refractivity contribution is 5.94. The van der Waals surface area contributed by atoms with Crippen LogP contribution in [0, 0.1) is 5.82 Å². The summed E-state index contributed by atoms with van der Waals surface area (Å²) in [5.41, 5.74) is 4.51. The minimum absolute atomic E-state index is 0.0000651. The van der Waals surface area contributed by atoms with Gasteiger partial charge in [0.15, 0.2) is 5.65 Å². The van der Waals surface area contributed by atoms with Gasteiger partial charge in [0.25, 0.3) is 5.91 Å². The van der Waals surface area contributed by atoms with Crippen molar-refractivity contribution >= 4 is 17.1 Å². The molecule has 2 N–H and O–H groups in total. The molecule has 0 spiro atoms. The largest absolute Gasteiger partial charge is 0.497 e. The lowest BCUT2D eigenvalue weighted by atomic mass is 10.1. The van der Waals surface area contributed by atoms with Gasteiger partial charge in [-0.1, -0.05) is 6.07 Å². The Morgan fingerprint density at radius 2 is 1.81 bits per heavy atom. The predicted octanol–water partition coefficient (Wildman–Crippen LogP) is 3.93. The molecular weight excluding hydrogens is 411 g/mol. The topological polar surface area (TPSA) is 89.1 Å². The van der Waals surface area contributed by atoms with E-state index in [1.807, 2.05) is 24.3 Å².